The smallest absolute Gasteiger partial charge is 0.246 e. The van der Waals surface area contributed by atoms with Gasteiger partial charge in [0, 0.05) is 16.9 Å². The van der Waals surface area contributed by atoms with Crippen molar-refractivity contribution in [2.75, 3.05) is 5.32 Å². The lowest BCUT2D eigenvalue weighted by molar-refractivity contribution is -0.116. The molecule has 5 heteroatoms. The predicted molar refractivity (Wildman–Crippen MR) is 65.0 cm³/mol. The van der Waals surface area contributed by atoms with Gasteiger partial charge in [-0.15, -0.1) is 0 Å². The molecule has 0 saturated carbocycles. The van der Waals surface area contributed by atoms with Crippen LogP contribution in [0.25, 0.3) is 0 Å². The number of aromatic nitrogens is 2. The van der Waals surface area contributed by atoms with E-state index >= 15 is 0 Å². The number of rotatable bonds is 3. The normalized spacial score (nSPS) is 10.1. The van der Waals surface area contributed by atoms with E-state index in [1.54, 1.807) is 23.1 Å². The fourth-order valence-electron chi connectivity index (χ4n) is 1.29. The molecule has 0 unspecified atom stereocenters. The SMILES string of the molecule is O=C(Cn1cccn1)Nc1ccccc1Br. The monoisotopic (exact) mass is 279 g/mol. The van der Waals surface area contributed by atoms with E-state index < -0.39 is 0 Å². The first-order valence-corrected chi connectivity index (χ1v) is 5.57. The molecule has 0 bridgehead atoms. The molecule has 0 saturated heterocycles. The lowest BCUT2D eigenvalue weighted by Crippen LogP contribution is -2.19. The summed E-state index contributed by atoms with van der Waals surface area (Å²) in [6, 6.07) is 9.27. The fourth-order valence-corrected chi connectivity index (χ4v) is 1.68. The Balaban J connectivity index is 2.00. The topological polar surface area (TPSA) is 46.9 Å². The molecular formula is C11H10BrN3O. The second kappa shape index (κ2) is 4.94. The highest BCUT2D eigenvalue weighted by molar-refractivity contribution is 9.10. The standard InChI is InChI=1S/C11H10BrN3O/c12-9-4-1-2-5-10(9)14-11(16)8-15-7-3-6-13-15/h1-7H,8H2,(H,14,16). The Labute approximate surface area is 101 Å². The van der Waals surface area contributed by atoms with E-state index in [9.17, 15) is 4.79 Å². The van der Waals surface area contributed by atoms with E-state index in [4.69, 9.17) is 0 Å². The number of halogens is 1. The molecule has 2 rings (SSSR count). The minimum Gasteiger partial charge on any atom is -0.323 e. The summed E-state index contributed by atoms with van der Waals surface area (Å²) in [7, 11) is 0. The number of nitrogens with one attached hydrogen (secondary N) is 1. The number of amides is 1. The van der Waals surface area contributed by atoms with Crippen LogP contribution in [0.4, 0.5) is 5.69 Å². The Morgan fingerprint density at radius 3 is 2.88 bits per heavy atom. The molecule has 82 valence electrons. The number of carbonyl (C=O) groups excluding carboxylic acids is 1. The molecule has 0 aliphatic carbocycles. The predicted octanol–water partition coefficient (Wildman–Crippen LogP) is 2.28. The van der Waals surface area contributed by atoms with E-state index in [1.807, 2.05) is 24.3 Å². The van der Waals surface area contributed by atoms with Crippen LogP contribution in [0.1, 0.15) is 0 Å². The van der Waals surface area contributed by atoms with Gasteiger partial charge in [0.05, 0.1) is 5.69 Å². The Kier molecular flexibility index (Phi) is 3.36. The number of benzene rings is 1. The molecule has 1 heterocycles. The van der Waals surface area contributed by atoms with Gasteiger partial charge >= 0.3 is 0 Å². The number of anilines is 1. The fraction of sp³-hybridized carbons (Fsp3) is 0.0909. The summed E-state index contributed by atoms with van der Waals surface area (Å²) in [5, 5.41) is 6.77. The molecule has 4 nitrogen and oxygen atoms in total. The zero-order valence-corrected chi connectivity index (χ0v) is 10.0. The van der Waals surface area contributed by atoms with Gasteiger partial charge in [0.25, 0.3) is 0 Å². The zero-order valence-electron chi connectivity index (χ0n) is 8.43. The molecule has 1 N–H and O–H groups in total. The third-order valence-corrected chi connectivity index (χ3v) is 2.70. The number of hydrogen-bond acceptors (Lipinski definition) is 2. The van der Waals surface area contributed by atoms with E-state index in [0.717, 1.165) is 10.2 Å². The van der Waals surface area contributed by atoms with Gasteiger partial charge in [0.1, 0.15) is 6.54 Å². The van der Waals surface area contributed by atoms with Crippen LogP contribution in [0.3, 0.4) is 0 Å². The van der Waals surface area contributed by atoms with Crippen LogP contribution >= 0.6 is 15.9 Å². The van der Waals surface area contributed by atoms with E-state index in [0.29, 0.717) is 0 Å². The van der Waals surface area contributed by atoms with Gasteiger partial charge in [0.15, 0.2) is 0 Å². The average Bonchev–Trinajstić information content (AvgIpc) is 2.74. The first-order chi connectivity index (χ1) is 7.75. The number of nitrogens with zero attached hydrogens (tertiary/aromatic N) is 2. The van der Waals surface area contributed by atoms with Gasteiger partial charge in [-0.2, -0.15) is 5.10 Å². The van der Waals surface area contributed by atoms with Gasteiger partial charge in [-0.25, -0.2) is 0 Å². The Bertz CT molecular complexity index is 482. The minimum atomic E-state index is -0.101. The summed E-state index contributed by atoms with van der Waals surface area (Å²) in [5.41, 5.74) is 0.764. The first-order valence-electron chi connectivity index (χ1n) is 4.77. The van der Waals surface area contributed by atoms with Crippen molar-refractivity contribution in [1.82, 2.24) is 9.78 Å². The van der Waals surface area contributed by atoms with Crippen molar-refractivity contribution < 1.29 is 4.79 Å². The Hall–Kier alpha value is -1.62. The van der Waals surface area contributed by atoms with Crippen molar-refractivity contribution in [2.24, 2.45) is 0 Å². The summed E-state index contributed by atoms with van der Waals surface area (Å²) in [6.07, 6.45) is 3.39. The summed E-state index contributed by atoms with van der Waals surface area (Å²) >= 11 is 3.37. The van der Waals surface area contributed by atoms with Crippen molar-refractivity contribution in [3.8, 4) is 0 Å². The van der Waals surface area contributed by atoms with E-state index in [2.05, 4.69) is 26.3 Å². The maximum atomic E-state index is 11.6. The van der Waals surface area contributed by atoms with Crippen LogP contribution in [-0.2, 0) is 11.3 Å². The van der Waals surface area contributed by atoms with Gasteiger partial charge in [-0.1, -0.05) is 12.1 Å². The molecule has 1 aromatic heterocycles. The minimum absolute atomic E-state index is 0.101. The molecule has 0 aliphatic rings. The van der Waals surface area contributed by atoms with Crippen LogP contribution in [0, 0.1) is 0 Å². The molecule has 1 aromatic carbocycles. The van der Waals surface area contributed by atoms with Crippen LogP contribution < -0.4 is 5.32 Å². The molecule has 0 fully saturated rings. The Morgan fingerprint density at radius 2 is 2.19 bits per heavy atom. The van der Waals surface area contributed by atoms with Crippen LogP contribution in [0.5, 0.6) is 0 Å². The summed E-state index contributed by atoms with van der Waals surface area (Å²) in [4.78, 5) is 11.6. The van der Waals surface area contributed by atoms with Crippen molar-refractivity contribution in [3.05, 3.63) is 47.2 Å². The van der Waals surface area contributed by atoms with Gasteiger partial charge in [-0.05, 0) is 34.1 Å². The molecule has 0 spiro atoms. The third-order valence-electron chi connectivity index (χ3n) is 2.01. The van der Waals surface area contributed by atoms with Crippen molar-refractivity contribution in [1.29, 1.82) is 0 Å². The van der Waals surface area contributed by atoms with Gasteiger partial charge < -0.3 is 5.32 Å². The summed E-state index contributed by atoms with van der Waals surface area (Å²) in [5.74, 6) is -0.101. The number of carbonyl (C=O) groups is 1. The highest BCUT2D eigenvalue weighted by Crippen LogP contribution is 2.20. The van der Waals surface area contributed by atoms with Crippen LogP contribution in [0.15, 0.2) is 47.2 Å². The maximum absolute atomic E-state index is 11.6. The van der Waals surface area contributed by atoms with Crippen molar-refractivity contribution >= 4 is 27.5 Å². The third kappa shape index (κ3) is 2.70. The molecular weight excluding hydrogens is 270 g/mol. The van der Waals surface area contributed by atoms with Gasteiger partial charge in [-0.3, -0.25) is 9.48 Å². The summed E-state index contributed by atoms with van der Waals surface area (Å²) in [6.45, 7) is 0.217. The van der Waals surface area contributed by atoms with E-state index in [1.165, 1.54) is 0 Å². The number of hydrogen-bond donors (Lipinski definition) is 1. The van der Waals surface area contributed by atoms with Crippen LogP contribution in [-0.4, -0.2) is 15.7 Å². The lowest BCUT2D eigenvalue weighted by atomic mass is 10.3. The quantitative estimate of drug-likeness (QED) is 0.937. The van der Waals surface area contributed by atoms with E-state index in [-0.39, 0.29) is 12.5 Å². The number of para-hydroxylation sites is 1. The maximum Gasteiger partial charge on any atom is 0.246 e. The molecule has 0 radical (unpaired) electrons. The molecule has 2 aromatic rings. The Morgan fingerprint density at radius 1 is 1.38 bits per heavy atom. The largest absolute Gasteiger partial charge is 0.323 e. The van der Waals surface area contributed by atoms with Crippen molar-refractivity contribution in [2.45, 2.75) is 6.54 Å². The average molecular weight is 280 g/mol. The zero-order chi connectivity index (χ0) is 11.4. The first kappa shape index (κ1) is 10.9. The van der Waals surface area contributed by atoms with Gasteiger partial charge in [0.2, 0.25) is 5.91 Å². The molecule has 1 amide bonds. The van der Waals surface area contributed by atoms with Crippen LogP contribution in [0.2, 0.25) is 0 Å². The lowest BCUT2D eigenvalue weighted by Gasteiger charge is -2.06. The summed E-state index contributed by atoms with van der Waals surface area (Å²) < 4.78 is 2.44. The molecule has 16 heavy (non-hydrogen) atoms. The highest BCUT2D eigenvalue weighted by Gasteiger charge is 2.05. The van der Waals surface area contributed by atoms with Crippen molar-refractivity contribution in [3.63, 3.8) is 0 Å². The highest BCUT2D eigenvalue weighted by atomic mass is 79.9. The molecule has 0 atom stereocenters. The second-order valence-corrected chi connectivity index (χ2v) is 4.09. The molecule has 0 aliphatic heterocycles. The second-order valence-electron chi connectivity index (χ2n) is 3.23.